The summed E-state index contributed by atoms with van der Waals surface area (Å²) in [6, 6.07) is 1.25. The molecule has 0 spiro atoms. The maximum atomic E-state index is 11.7. The molecule has 0 fully saturated rings. The maximum Gasteiger partial charge on any atom is 0.261 e. The van der Waals surface area contributed by atoms with Crippen LogP contribution < -0.4 is 11.1 Å². The standard InChI is InChI=1S/C10H16N2O3S/c1-6-8(11)3-9(16-6)10(14)12-7(4-13)5-15-2/h3,7,13H,4-5,11H2,1-2H3,(H,12,14). The second kappa shape index (κ2) is 5.83. The summed E-state index contributed by atoms with van der Waals surface area (Å²) < 4.78 is 4.86. The summed E-state index contributed by atoms with van der Waals surface area (Å²) in [4.78, 5) is 13.2. The van der Waals surface area contributed by atoms with Crippen molar-refractivity contribution in [2.45, 2.75) is 13.0 Å². The van der Waals surface area contributed by atoms with Gasteiger partial charge in [0.1, 0.15) is 0 Å². The largest absolute Gasteiger partial charge is 0.398 e. The third kappa shape index (κ3) is 3.19. The van der Waals surface area contributed by atoms with Crippen LogP contribution in [0.15, 0.2) is 6.07 Å². The van der Waals surface area contributed by atoms with E-state index >= 15 is 0 Å². The summed E-state index contributed by atoms with van der Waals surface area (Å²) in [5, 5.41) is 11.7. The Kier molecular flexibility index (Phi) is 4.72. The van der Waals surface area contributed by atoms with E-state index in [1.54, 1.807) is 6.07 Å². The van der Waals surface area contributed by atoms with Crippen molar-refractivity contribution in [1.29, 1.82) is 0 Å². The van der Waals surface area contributed by atoms with Crippen LogP contribution in [0.4, 0.5) is 5.69 Å². The lowest BCUT2D eigenvalue weighted by Crippen LogP contribution is -2.40. The molecule has 90 valence electrons. The fraction of sp³-hybridized carbons (Fsp3) is 0.500. The number of hydrogen-bond donors (Lipinski definition) is 3. The van der Waals surface area contributed by atoms with Crippen molar-refractivity contribution in [1.82, 2.24) is 5.32 Å². The van der Waals surface area contributed by atoms with Crippen LogP contribution in [0.5, 0.6) is 0 Å². The number of aliphatic hydroxyl groups is 1. The molecule has 5 nitrogen and oxygen atoms in total. The molecule has 1 aromatic heterocycles. The topological polar surface area (TPSA) is 84.6 Å². The van der Waals surface area contributed by atoms with Gasteiger partial charge < -0.3 is 20.9 Å². The zero-order valence-corrected chi connectivity index (χ0v) is 10.1. The molecule has 1 atom stereocenters. The number of anilines is 1. The minimum absolute atomic E-state index is 0.153. The molecule has 6 heteroatoms. The number of thiophene rings is 1. The van der Waals surface area contributed by atoms with Gasteiger partial charge in [-0.1, -0.05) is 0 Å². The lowest BCUT2D eigenvalue weighted by atomic mass is 10.3. The first-order valence-corrected chi connectivity index (χ1v) is 5.66. The van der Waals surface area contributed by atoms with E-state index in [0.717, 1.165) is 4.88 Å². The zero-order chi connectivity index (χ0) is 12.1. The van der Waals surface area contributed by atoms with Gasteiger partial charge in [-0.05, 0) is 13.0 Å². The highest BCUT2D eigenvalue weighted by molar-refractivity contribution is 7.14. The summed E-state index contributed by atoms with van der Waals surface area (Å²) in [6.45, 7) is 1.98. The molecule has 0 aromatic carbocycles. The minimum Gasteiger partial charge on any atom is -0.398 e. The molecular formula is C10H16N2O3S. The van der Waals surface area contributed by atoms with Gasteiger partial charge in [0.25, 0.3) is 5.91 Å². The van der Waals surface area contributed by atoms with E-state index in [2.05, 4.69) is 5.32 Å². The Morgan fingerprint density at radius 1 is 1.75 bits per heavy atom. The van der Waals surface area contributed by atoms with Gasteiger partial charge in [-0.2, -0.15) is 0 Å². The Bertz CT molecular complexity index is 345. The van der Waals surface area contributed by atoms with Gasteiger partial charge in [0.2, 0.25) is 0 Å². The van der Waals surface area contributed by atoms with Crippen molar-refractivity contribution < 1.29 is 14.6 Å². The van der Waals surface area contributed by atoms with Crippen LogP contribution in [-0.2, 0) is 4.74 Å². The van der Waals surface area contributed by atoms with Crippen molar-refractivity contribution in [3.8, 4) is 0 Å². The van der Waals surface area contributed by atoms with Crippen LogP contribution in [-0.4, -0.2) is 37.4 Å². The lowest BCUT2D eigenvalue weighted by molar-refractivity contribution is 0.0843. The molecule has 1 aromatic rings. The quantitative estimate of drug-likeness (QED) is 0.699. The predicted molar refractivity (Wildman–Crippen MR) is 63.7 cm³/mol. The Morgan fingerprint density at radius 3 is 2.88 bits per heavy atom. The van der Waals surface area contributed by atoms with Crippen LogP contribution in [0.1, 0.15) is 14.5 Å². The number of ether oxygens (including phenoxy) is 1. The normalized spacial score (nSPS) is 12.4. The number of rotatable bonds is 5. The number of aliphatic hydroxyl groups excluding tert-OH is 1. The summed E-state index contributed by atoms with van der Waals surface area (Å²) in [5.41, 5.74) is 6.27. The smallest absolute Gasteiger partial charge is 0.261 e. The van der Waals surface area contributed by atoms with E-state index in [1.165, 1.54) is 18.4 Å². The van der Waals surface area contributed by atoms with Gasteiger partial charge in [0.05, 0.1) is 24.1 Å². The third-order valence-corrected chi connectivity index (χ3v) is 3.17. The Hall–Kier alpha value is -1.11. The minimum atomic E-state index is -0.388. The van der Waals surface area contributed by atoms with E-state index in [0.29, 0.717) is 10.6 Å². The Balaban J connectivity index is 2.64. The molecule has 0 radical (unpaired) electrons. The molecule has 0 bridgehead atoms. The average molecular weight is 244 g/mol. The number of nitrogen functional groups attached to an aromatic ring is 1. The number of carbonyl (C=O) groups is 1. The van der Waals surface area contributed by atoms with Crippen LogP contribution in [0.25, 0.3) is 0 Å². The van der Waals surface area contributed by atoms with Gasteiger partial charge in [-0.3, -0.25) is 4.79 Å². The Morgan fingerprint density at radius 2 is 2.44 bits per heavy atom. The molecule has 1 unspecified atom stereocenters. The number of hydrogen-bond acceptors (Lipinski definition) is 5. The van der Waals surface area contributed by atoms with Gasteiger partial charge in [-0.15, -0.1) is 11.3 Å². The van der Waals surface area contributed by atoms with Crippen LogP contribution >= 0.6 is 11.3 Å². The molecule has 0 aliphatic carbocycles. The molecule has 0 aliphatic rings. The highest BCUT2D eigenvalue weighted by atomic mass is 32.1. The lowest BCUT2D eigenvalue weighted by Gasteiger charge is -2.14. The molecule has 0 aliphatic heterocycles. The molecule has 0 saturated heterocycles. The van der Waals surface area contributed by atoms with Crippen LogP contribution in [0.3, 0.4) is 0 Å². The number of nitrogens with one attached hydrogen (secondary N) is 1. The predicted octanol–water partition coefficient (Wildman–Crippen LogP) is 0.376. The van der Waals surface area contributed by atoms with Gasteiger partial charge in [0.15, 0.2) is 0 Å². The van der Waals surface area contributed by atoms with E-state index in [-0.39, 0.29) is 25.2 Å². The van der Waals surface area contributed by atoms with Crippen LogP contribution in [0, 0.1) is 6.92 Å². The molecule has 0 saturated carbocycles. The second-order valence-electron chi connectivity index (χ2n) is 3.43. The van der Waals surface area contributed by atoms with Gasteiger partial charge in [-0.25, -0.2) is 0 Å². The molecule has 1 heterocycles. The number of amides is 1. The van der Waals surface area contributed by atoms with E-state index in [4.69, 9.17) is 15.6 Å². The average Bonchev–Trinajstić information content (AvgIpc) is 2.58. The van der Waals surface area contributed by atoms with Crippen molar-refractivity contribution in [3.05, 3.63) is 15.8 Å². The van der Waals surface area contributed by atoms with Gasteiger partial charge in [0, 0.05) is 17.7 Å². The molecule has 1 amide bonds. The maximum absolute atomic E-state index is 11.7. The van der Waals surface area contributed by atoms with E-state index < -0.39 is 0 Å². The first-order chi connectivity index (χ1) is 7.58. The molecular weight excluding hydrogens is 228 g/mol. The SMILES string of the molecule is COCC(CO)NC(=O)c1cc(N)c(C)s1. The van der Waals surface area contributed by atoms with Crippen molar-refractivity contribution in [2.24, 2.45) is 0 Å². The fourth-order valence-electron chi connectivity index (χ4n) is 1.21. The highest BCUT2D eigenvalue weighted by Crippen LogP contribution is 2.23. The van der Waals surface area contributed by atoms with Gasteiger partial charge >= 0.3 is 0 Å². The van der Waals surface area contributed by atoms with Crippen molar-refractivity contribution in [3.63, 3.8) is 0 Å². The summed E-state index contributed by atoms with van der Waals surface area (Å²) in [6.07, 6.45) is 0. The monoisotopic (exact) mass is 244 g/mol. The highest BCUT2D eigenvalue weighted by Gasteiger charge is 2.15. The van der Waals surface area contributed by atoms with E-state index in [1.807, 2.05) is 6.92 Å². The second-order valence-corrected chi connectivity index (χ2v) is 4.69. The van der Waals surface area contributed by atoms with Crippen molar-refractivity contribution >= 4 is 22.9 Å². The molecule has 16 heavy (non-hydrogen) atoms. The number of carbonyl (C=O) groups excluding carboxylic acids is 1. The summed E-state index contributed by atoms with van der Waals surface area (Å²) >= 11 is 1.33. The Labute approximate surface area is 98.2 Å². The first-order valence-electron chi connectivity index (χ1n) is 4.85. The summed E-state index contributed by atoms with van der Waals surface area (Å²) in [7, 11) is 1.52. The zero-order valence-electron chi connectivity index (χ0n) is 9.32. The number of nitrogens with two attached hydrogens (primary N) is 1. The van der Waals surface area contributed by atoms with Crippen LogP contribution in [0.2, 0.25) is 0 Å². The summed E-state index contributed by atoms with van der Waals surface area (Å²) in [5.74, 6) is -0.235. The van der Waals surface area contributed by atoms with Crippen molar-refractivity contribution in [2.75, 3.05) is 26.1 Å². The molecule has 1 rings (SSSR count). The number of aryl methyl sites for hydroxylation is 1. The molecule has 4 N–H and O–H groups in total. The van der Waals surface area contributed by atoms with E-state index in [9.17, 15) is 4.79 Å². The fourth-order valence-corrected chi connectivity index (χ4v) is 2.05. The number of methoxy groups -OCH3 is 1. The third-order valence-electron chi connectivity index (χ3n) is 2.10. The first kappa shape index (κ1) is 13.0.